The van der Waals surface area contributed by atoms with Gasteiger partial charge in [-0.15, -0.1) is 0 Å². The van der Waals surface area contributed by atoms with Crippen LogP contribution in [0.4, 0.5) is 0 Å². The van der Waals surface area contributed by atoms with Crippen molar-refractivity contribution in [1.29, 1.82) is 0 Å². The van der Waals surface area contributed by atoms with Crippen LogP contribution in [0, 0.1) is 11.3 Å². The van der Waals surface area contributed by atoms with E-state index in [1.54, 1.807) is 0 Å². The van der Waals surface area contributed by atoms with Crippen LogP contribution in [-0.2, 0) is 4.79 Å². The summed E-state index contributed by atoms with van der Waals surface area (Å²) in [7, 11) is 0. The highest BCUT2D eigenvalue weighted by atomic mass is 16.2. The van der Waals surface area contributed by atoms with Crippen LogP contribution in [0.1, 0.15) is 48.0 Å². The van der Waals surface area contributed by atoms with E-state index >= 15 is 0 Å². The van der Waals surface area contributed by atoms with E-state index in [1.807, 2.05) is 4.90 Å². The molecule has 2 N–H and O–H groups in total. The number of carbonyl (C=O) groups is 1. The normalized spacial score (nSPS) is 20.1. The molecule has 1 unspecified atom stereocenters. The Morgan fingerprint density at radius 3 is 2.00 bits per heavy atom. The Morgan fingerprint density at radius 1 is 1.10 bits per heavy atom. The molecular formula is C16H33N3O. The average Bonchev–Trinajstić information content (AvgIpc) is 2.37. The SMILES string of the molecule is CC(CC(=O)N1CCN(C(C)(C)CN)CC1)C(C)(C)C. The molecule has 1 fully saturated rings. The first-order valence-corrected chi connectivity index (χ1v) is 7.81. The lowest BCUT2D eigenvalue weighted by molar-refractivity contribution is -0.135. The van der Waals surface area contributed by atoms with E-state index in [0.717, 1.165) is 26.2 Å². The van der Waals surface area contributed by atoms with Crippen molar-refractivity contribution in [3.63, 3.8) is 0 Å². The van der Waals surface area contributed by atoms with E-state index in [1.165, 1.54) is 0 Å². The Hall–Kier alpha value is -0.610. The highest BCUT2D eigenvalue weighted by Crippen LogP contribution is 2.28. The minimum Gasteiger partial charge on any atom is -0.340 e. The number of nitrogens with two attached hydrogens (primary N) is 1. The zero-order valence-corrected chi connectivity index (χ0v) is 14.2. The molecule has 1 atom stereocenters. The summed E-state index contributed by atoms with van der Waals surface area (Å²) in [5.74, 6) is 0.714. The maximum Gasteiger partial charge on any atom is 0.222 e. The van der Waals surface area contributed by atoms with Gasteiger partial charge in [0.05, 0.1) is 0 Å². The van der Waals surface area contributed by atoms with Crippen molar-refractivity contribution in [2.45, 2.75) is 53.5 Å². The van der Waals surface area contributed by atoms with E-state index in [0.29, 0.717) is 24.8 Å². The van der Waals surface area contributed by atoms with Crippen LogP contribution in [0.5, 0.6) is 0 Å². The Kier molecular flexibility index (Phi) is 5.61. The molecule has 0 bridgehead atoms. The van der Waals surface area contributed by atoms with Crippen LogP contribution < -0.4 is 5.73 Å². The molecule has 1 heterocycles. The first-order valence-electron chi connectivity index (χ1n) is 7.81. The van der Waals surface area contributed by atoms with Crippen molar-refractivity contribution in [3.05, 3.63) is 0 Å². The van der Waals surface area contributed by atoms with Crippen LogP contribution in [0.3, 0.4) is 0 Å². The zero-order valence-electron chi connectivity index (χ0n) is 14.2. The highest BCUT2D eigenvalue weighted by molar-refractivity contribution is 5.76. The summed E-state index contributed by atoms with van der Waals surface area (Å²) in [4.78, 5) is 16.8. The molecule has 1 amide bonds. The monoisotopic (exact) mass is 283 g/mol. The molecule has 0 aromatic heterocycles. The minimum absolute atomic E-state index is 0.0356. The molecule has 1 saturated heterocycles. The van der Waals surface area contributed by atoms with Gasteiger partial charge in [-0.3, -0.25) is 9.69 Å². The summed E-state index contributed by atoms with van der Waals surface area (Å²) in [5, 5.41) is 0. The van der Waals surface area contributed by atoms with Crippen molar-refractivity contribution < 1.29 is 4.79 Å². The van der Waals surface area contributed by atoms with Crippen molar-refractivity contribution in [2.24, 2.45) is 17.1 Å². The second-order valence-electron chi connectivity index (χ2n) is 7.86. The molecule has 0 aliphatic carbocycles. The smallest absolute Gasteiger partial charge is 0.222 e. The Morgan fingerprint density at radius 2 is 1.60 bits per heavy atom. The molecule has 20 heavy (non-hydrogen) atoms. The van der Waals surface area contributed by atoms with E-state index in [-0.39, 0.29) is 11.0 Å². The summed E-state index contributed by atoms with van der Waals surface area (Å²) >= 11 is 0. The van der Waals surface area contributed by atoms with Crippen LogP contribution in [-0.4, -0.2) is 54.0 Å². The predicted octanol–water partition coefficient (Wildman–Crippen LogP) is 1.94. The van der Waals surface area contributed by atoms with Gasteiger partial charge in [-0.05, 0) is 25.2 Å². The number of nitrogens with zero attached hydrogens (tertiary/aromatic N) is 2. The Labute approximate surface area is 124 Å². The molecule has 4 nitrogen and oxygen atoms in total. The molecule has 1 rings (SSSR count). The van der Waals surface area contributed by atoms with E-state index in [4.69, 9.17) is 5.73 Å². The largest absolute Gasteiger partial charge is 0.340 e. The highest BCUT2D eigenvalue weighted by Gasteiger charge is 2.31. The second-order valence-corrected chi connectivity index (χ2v) is 7.86. The molecule has 118 valence electrons. The molecule has 1 aliphatic rings. The minimum atomic E-state index is 0.0356. The van der Waals surface area contributed by atoms with Gasteiger partial charge < -0.3 is 10.6 Å². The van der Waals surface area contributed by atoms with Gasteiger partial charge >= 0.3 is 0 Å². The Balaban J connectivity index is 2.48. The maximum absolute atomic E-state index is 12.4. The van der Waals surface area contributed by atoms with Crippen LogP contribution >= 0.6 is 0 Å². The molecule has 1 aliphatic heterocycles. The molecular weight excluding hydrogens is 250 g/mol. The molecule has 4 heteroatoms. The molecule has 0 spiro atoms. The van der Waals surface area contributed by atoms with Crippen molar-refractivity contribution in [3.8, 4) is 0 Å². The fourth-order valence-corrected chi connectivity index (χ4v) is 2.39. The van der Waals surface area contributed by atoms with Crippen molar-refractivity contribution >= 4 is 5.91 Å². The first-order chi connectivity index (χ1) is 9.08. The van der Waals surface area contributed by atoms with E-state index < -0.39 is 0 Å². The van der Waals surface area contributed by atoms with Crippen LogP contribution in [0.15, 0.2) is 0 Å². The second kappa shape index (κ2) is 6.44. The van der Waals surface area contributed by atoms with Crippen LogP contribution in [0.25, 0.3) is 0 Å². The number of hydrogen-bond donors (Lipinski definition) is 1. The summed E-state index contributed by atoms with van der Waals surface area (Å²) in [6.07, 6.45) is 0.657. The van der Waals surface area contributed by atoms with Gasteiger partial charge in [0, 0.05) is 44.7 Å². The standard InChI is InChI=1S/C16H33N3O/c1-13(15(2,3)4)11-14(20)18-7-9-19(10-8-18)16(5,6)12-17/h13H,7-12,17H2,1-6H3. The zero-order chi connectivity index (χ0) is 15.6. The first kappa shape index (κ1) is 17.4. The van der Waals surface area contributed by atoms with Gasteiger partial charge in [-0.1, -0.05) is 27.7 Å². The van der Waals surface area contributed by atoms with Gasteiger partial charge in [0.15, 0.2) is 0 Å². The van der Waals surface area contributed by atoms with Gasteiger partial charge in [-0.25, -0.2) is 0 Å². The lowest BCUT2D eigenvalue weighted by atomic mass is 9.80. The number of carbonyl (C=O) groups excluding carboxylic acids is 1. The molecule has 0 saturated carbocycles. The number of amides is 1. The number of hydrogen-bond acceptors (Lipinski definition) is 3. The third-order valence-electron chi connectivity index (χ3n) is 4.95. The lowest BCUT2D eigenvalue weighted by Crippen LogP contribution is -2.58. The van der Waals surface area contributed by atoms with Crippen molar-refractivity contribution in [1.82, 2.24) is 9.80 Å². The van der Waals surface area contributed by atoms with E-state index in [9.17, 15) is 4.79 Å². The number of rotatable bonds is 4. The van der Waals surface area contributed by atoms with Gasteiger partial charge in [-0.2, -0.15) is 0 Å². The quantitative estimate of drug-likeness (QED) is 0.858. The predicted molar refractivity (Wildman–Crippen MR) is 84.5 cm³/mol. The average molecular weight is 283 g/mol. The fourth-order valence-electron chi connectivity index (χ4n) is 2.39. The summed E-state index contributed by atoms with van der Waals surface area (Å²) in [6.45, 7) is 17.3. The summed E-state index contributed by atoms with van der Waals surface area (Å²) in [6, 6.07) is 0. The van der Waals surface area contributed by atoms with Gasteiger partial charge in [0.1, 0.15) is 0 Å². The fraction of sp³-hybridized carbons (Fsp3) is 0.938. The van der Waals surface area contributed by atoms with Gasteiger partial charge in [0.25, 0.3) is 0 Å². The van der Waals surface area contributed by atoms with E-state index in [2.05, 4.69) is 46.4 Å². The molecule has 0 aromatic carbocycles. The summed E-state index contributed by atoms with van der Waals surface area (Å²) in [5.41, 5.74) is 6.05. The Bertz CT molecular complexity index is 325. The van der Waals surface area contributed by atoms with Crippen LogP contribution in [0.2, 0.25) is 0 Å². The maximum atomic E-state index is 12.4. The molecule has 0 radical (unpaired) electrons. The third kappa shape index (κ3) is 4.45. The summed E-state index contributed by atoms with van der Waals surface area (Å²) < 4.78 is 0. The topological polar surface area (TPSA) is 49.6 Å². The van der Waals surface area contributed by atoms with Gasteiger partial charge in [0.2, 0.25) is 5.91 Å². The lowest BCUT2D eigenvalue weighted by Gasteiger charge is -2.44. The third-order valence-corrected chi connectivity index (χ3v) is 4.95. The van der Waals surface area contributed by atoms with Crippen molar-refractivity contribution in [2.75, 3.05) is 32.7 Å². The number of piperazine rings is 1. The molecule has 0 aromatic rings.